The van der Waals surface area contributed by atoms with Crippen molar-refractivity contribution >= 4 is 10.8 Å². The first kappa shape index (κ1) is 13.5. The smallest absolute Gasteiger partial charge is 0.137 e. The zero-order chi connectivity index (χ0) is 14.8. The topological polar surface area (TPSA) is 34.0 Å². The molecule has 0 amide bonds. The van der Waals surface area contributed by atoms with E-state index in [1.54, 1.807) is 6.33 Å². The Morgan fingerprint density at radius 3 is 2.91 bits per heavy atom. The highest BCUT2D eigenvalue weighted by Crippen LogP contribution is 2.25. The molecule has 0 bridgehead atoms. The molecule has 3 aromatic rings. The Morgan fingerprint density at radius 2 is 2.00 bits per heavy atom. The third-order valence-corrected chi connectivity index (χ3v) is 4.62. The maximum absolute atomic E-state index is 4.25. The van der Waals surface area contributed by atoms with E-state index < -0.39 is 0 Å². The number of fused-ring (bicyclic) bond motifs is 1. The molecule has 2 heterocycles. The first-order valence-electron chi connectivity index (χ1n) is 7.93. The Balaban J connectivity index is 1.56. The third-order valence-electron chi connectivity index (χ3n) is 4.62. The quantitative estimate of drug-likeness (QED) is 0.741. The fourth-order valence-corrected chi connectivity index (χ4v) is 3.50. The molecule has 1 aliphatic rings. The normalized spacial score (nSPS) is 19.0. The lowest BCUT2D eigenvalue weighted by atomic mass is 10.0. The van der Waals surface area contributed by atoms with Gasteiger partial charge in [0.25, 0.3) is 0 Å². The molecule has 1 aliphatic heterocycles. The van der Waals surface area contributed by atoms with E-state index in [2.05, 4.69) is 57.4 Å². The number of likely N-dealkylation sites (tertiary alicyclic amines) is 1. The molecule has 1 fully saturated rings. The summed E-state index contributed by atoms with van der Waals surface area (Å²) in [6.07, 6.45) is 5.94. The Labute approximate surface area is 130 Å². The Kier molecular flexibility index (Phi) is 3.60. The highest BCUT2D eigenvalue weighted by molar-refractivity contribution is 5.85. The largest absolute Gasteiger partial charge is 0.294 e. The molecule has 1 aromatic heterocycles. The molecule has 1 unspecified atom stereocenters. The summed E-state index contributed by atoms with van der Waals surface area (Å²) in [6.45, 7) is 3.12. The SMILES string of the molecule is c1ccc2c(CN3CCCC3Cn3cncn3)cccc2c1. The van der Waals surface area contributed by atoms with Gasteiger partial charge in [0.1, 0.15) is 12.7 Å². The monoisotopic (exact) mass is 292 g/mol. The van der Waals surface area contributed by atoms with Gasteiger partial charge >= 0.3 is 0 Å². The third kappa shape index (κ3) is 2.62. The van der Waals surface area contributed by atoms with Gasteiger partial charge in [0.15, 0.2) is 0 Å². The predicted octanol–water partition coefficient (Wildman–Crippen LogP) is 3.10. The van der Waals surface area contributed by atoms with E-state index in [1.807, 2.05) is 11.0 Å². The first-order chi connectivity index (χ1) is 10.9. The molecule has 2 aromatic carbocycles. The second-order valence-corrected chi connectivity index (χ2v) is 6.02. The standard InChI is InChI=1S/C18H20N4/c1-2-9-18-15(5-1)6-3-7-16(18)11-21-10-4-8-17(21)12-22-14-19-13-20-22/h1-3,5-7,9,13-14,17H,4,8,10-12H2. The minimum absolute atomic E-state index is 0.556. The van der Waals surface area contributed by atoms with Crippen LogP contribution in [-0.2, 0) is 13.1 Å². The zero-order valence-corrected chi connectivity index (χ0v) is 12.6. The van der Waals surface area contributed by atoms with Gasteiger partial charge in [-0.1, -0.05) is 42.5 Å². The fourth-order valence-electron chi connectivity index (χ4n) is 3.50. The summed E-state index contributed by atoms with van der Waals surface area (Å²) in [5, 5.41) is 6.95. The van der Waals surface area contributed by atoms with E-state index in [0.29, 0.717) is 6.04 Å². The van der Waals surface area contributed by atoms with Crippen LogP contribution in [0.15, 0.2) is 55.1 Å². The molecule has 0 saturated carbocycles. The molecule has 1 saturated heterocycles. The second-order valence-electron chi connectivity index (χ2n) is 6.02. The summed E-state index contributed by atoms with van der Waals surface area (Å²) in [7, 11) is 0. The predicted molar refractivity (Wildman–Crippen MR) is 87.4 cm³/mol. The molecule has 0 N–H and O–H groups in total. The molecule has 4 nitrogen and oxygen atoms in total. The molecule has 112 valence electrons. The van der Waals surface area contributed by atoms with Crippen molar-refractivity contribution in [3.63, 3.8) is 0 Å². The van der Waals surface area contributed by atoms with Crippen LogP contribution in [0.2, 0.25) is 0 Å². The number of benzene rings is 2. The van der Waals surface area contributed by atoms with Crippen LogP contribution in [0.1, 0.15) is 18.4 Å². The molecular weight excluding hydrogens is 272 g/mol. The summed E-state index contributed by atoms with van der Waals surface area (Å²) < 4.78 is 1.95. The van der Waals surface area contributed by atoms with Gasteiger partial charge in [-0.3, -0.25) is 9.58 Å². The van der Waals surface area contributed by atoms with Crippen LogP contribution >= 0.6 is 0 Å². The number of nitrogens with zero attached hydrogens (tertiary/aromatic N) is 4. The molecule has 1 atom stereocenters. The van der Waals surface area contributed by atoms with E-state index in [0.717, 1.165) is 13.1 Å². The van der Waals surface area contributed by atoms with E-state index in [-0.39, 0.29) is 0 Å². The lowest BCUT2D eigenvalue weighted by Crippen LogP contribution is -2.32. The summed E-state index contributed by atoms with van der Waals surface area (Å²) >= 11 is 0. The summed E-state index contributed by atoms with van der Waals surface area (Å²) in [5.74, 6) is 0. The lowest BCUT2D eigenvalue weighted by Gasteiger charge is -2.25. The Bertz CT molecular complexity index is 745. The summed E-state index contributed by atoms with van der Waals surface area (Å²) in [6, 6.07) is 15.8. The van der Waals surface area contributed by atoms with Gasteiger partial charge in [-0.05, 0) is 35.7 Å². The second kappa shape index (κ2) is 5.89. The van der Waals surface area contributed by atoms with Crippen molar-refractivity contribution < 1.29 is 0 Å². The summed E-state index contributed by atoms with van der Waals surface area (Å²) in [4.78, 5) is 6.63. The van der Waals surface area contributed by atoms with Crippen molar-refractivity contribution in [3.05, 3.63) is 60.7 Å². The summed E-state index contributed by atoms with van der Waals surface area (Å²) in [5.41, 5.74) is 1.42. The molecule has 0 radical (unpaired) electrons. The molecule has 0 aliphatic carbocycles. The first-order valence-corrected chi connectivity index (χ1v) is 7.93. The molecular formula is C18H20N4. The van der Waals surface area contributed by atoms with Crippen LogP contribution in [0.5, 0.6) is 0 Å². The van der Waals surface area contributed by atoms with Crippen LogP contribution in [0.3, 0.4) is 0 Å². The van der Waals surface area contributed by atoms with Gasteiger partial charge in [-0.2, -0.15) is 5.10 Å². The van der Waals surface area contributed by atoms with Crippen LogP contribution in [0, 0.1) is 0 Å². The minimum atomic E-state index is 0.556. The van der Waals surface area contributed by atoms with Gasteiger partial charge in [-0.15, -0.1) is 0 Å². The number of hydrogen-bond acceptors (Lipinski definition) is 3. The van der Waals surface area contributed by atoms with Crippen molar-refractivity contribution in [1.29, 1.82) is 0 Å². The number of rotatable bonds is 4. The van der Waals surface area contributed by atoms with Gasteiger partial charge in [-0.25, -0.2) is 4.98 Å². The van der Waals surface area contributed by atoms with Crippen LogP contribution in [0.4, 0.5) is 0 Å². The highest BCUT2D eigenvalue weighted by atomic mass is 15.3. The number of hydrogen-bond donors (Lipinski definition) is 0. The van der Waals surface area contributed by atoms with E-state index >= 15 is 0 Å². The highest BCUT2D eigenvalue weighted by Gasteiger charge is 2.25. The van der Waals surface area contributed by atoms with Crippen LogP contribution < -0.4 is 0 Å². The van der Waals surface area contributed by atoms with E-state index in [1.165, 1.54) is 35.7 Å². The van der Waals surface area contributed by atoms with Gasteiger partial charge in [0.2, 0.25) is 0 Å². The van der Waals surface area contributed by atoms with Gasteiger partial charge < -0.3 is 0 Å². The van der Waals surface area contributed by atoms with Crippen molar-refractivity contribution in [2.24, 2.45) is 0 Å². The van der Waals surface area contributed by atoms with E-state index in [9.17, 15) is 0 Å². The van der Waals surface area contributed by atoms with Crippen LogP contribution in [0.25, 0.3) is 10.8 Å². The number of aromatic nitrogens is 3. The minimum Gasteiger partial charge on any atom is -0.294 e. The van der Waals surface area contributed by atoms with E-state index in [4.69, 9.17) is 0 Å². The van der Waals surface area contributed by atoms with Crippen molar-refractivity contribution in [2.45, 2.75) is 32.0 Å². The fraction of sp³-hybridized carbons (Fsp3) is 0.333. The maximum atomic E-state index is 4.25. The Hall–Kier alpha value is -2.20. The van der Waals surface area contributed by atoms with Gasteiger partial charge in [0, 0.05) is 12.6 Å². The van der Waals surface area contributed by atoms with Gasteiger partial charge in [0.05, 0.1) is 6.54 Å². The Morgan fingerprint density at radius 1 is 1.09 bits per heavy atom. The van der Waals surface area contributed by atoms with Crippen molar-refractivity contribution in [3.8, 4) is 0 Å². The molecule has 0 spiro atoms. The zero-order valence-electron chi connectivity index (χ0n) is 12.6. The molecule has 4 heteroatoms. The average Bonchev–Trinajstić information content (AvgIpc) is 3.21. The van der Waals surface area contributed by atoms with Crippen molar-refractivity contribution in [2.75, 3.05) is 6.54 Å². The van der Waals surface area contributed by atoms with Crippen molar-refractivity contribution in [1.82, 2.24) is 19.7 Å². The lowest BCUT2D eigenvalue weighted by molar-refractivity contribution is 0.220. The molecule has 22 heavy (non-hydrogen) atoms. The average molecular weight is 292 g/mol. The maximum Gasteiger partial charge on any atom is 0.137 e. The van der Waals surface area contributed by atoms with Crippen LogP contribution in [-0.4, -0.2) is 32.3 Å². The molecule has 4 rings (SSSR count).